The van der Waals surface area contributed by atoms with E-state index >= 15 is 0 Å². The van der Waals surface area contributed by atoms with Gasteiger partial charge in [0.1, 0.15) is 0 Å². The zero-order chi connectivity index (χ0) is 25.4. The van der Waals surface area contributed by atoms with Gasteiger partial charge in [-0.25, -0.2) is 0 Å². The van der Waals surface area contributed by atoms with Crippen molar-refractivity contribution >= 4 is 42.2 Å². The van der Waals surface area contributed by atoms with Crippen LogP contribution in [0.3, 0.4) is 0 Å². The van der Waals surface area contributed by atoms with Crippen molar-refractivity contribution in [2.75, 3.05) is 6.16 Å². The van der Waals surface area contributed by atoms with Gasteiger partial charge in [0.2, 0.25) is 0 Å². The van der Waals surface area contributed by atoms with Gasteiger partial charge >= 0.3 is 210 Å². The maximum absolute atomic E-state index is 2.93. The molecule has 36 heavy (non-hydrogen) atoms. The molecule has 3 aromatic carbocycles. The molecule has 0 aliphatic heterocycles. The quantitative estimate of drug-likeness (QED) is 0.0760. The van der Waals surface area contributed by atoms with E-state index in [-0.39, 0.29) is 0 Å². The van der Waals surface area contributed by atoms with Crippen LogP contribution in [0, 0.1) is 0 Å². The molecule has 3 rings (SSSR count). The summed E-state index contributed by atoms with van der Waals surface area (Å²) in [6.07, 6.45) is 20.9. The average molecular weight is 615 g/mol. The molecule has 0 bridgehead atoms. The molecule has 0 unspecified atom stereocenters. The van der Waals surface area contributed by atoms with Crippen LogP contribution < -0.4 is 15.9 Å². The fourth-order valence-corrected chi connectivity index (χ4v) is 14.4. The molecule has 0 heterocycles. The topological polar surface area (TPSA) is 0 Å². The van der Waals surface area contributed by atoms with Crippen LogP contribution >= 0.6 is 26.3 Å². The summed E-state index contributed by atoms with van der Waals surface area (Å²) in [5.74, 6) is 0. The van der Waals surface area contributed by atoms with Gasteiger partial charge in [0.05, 0.1) is 0 Å². The summed E-state index contributed by atoms with van der Waals surface area (Å²) in [5.41, 5.74) is 0. The van der Waals surface area contributed by atoms with Gasteiger partial charge in [-0.15, -0.1) is 0 Å². The molecule has 3 aromatic rings. The first-order valence-electron chi connectivity index (χ1n) is 14.6. The predicted octanol–water partition coefficient (Wildman–Crippen LogP) is 10.3. The summed E-state index contributed by atoms with van der Waals surface area (Å²) < 4.78 is -2.57. The van der Waals surface area contributed by atoms with Crippen molar-refractivity contribution < 1.29 is 0 Å². The second-order valence-corrected chi connectivity index (χ2v) is 21.3. The molecule has 0 aliphatic carbocycles. The van der Waals surface area contributed by atoms with E-state index in [0.29, 0.717) is 0 Å². The van der Waals surface area contributed by atoms with Gasteiger partial charge in [0, 0.05) is 0 Å². The van der Waals surface area contributed by atoms with E-state index in [1.165, 1.54) is 112 Å². The maximum atomic E-state index is 2.93. The number of unbranched alkanes of at least 4 members (excludes halogenated alkanes) is 13. The van der Waals surface area contributed by atoms with Crippen LogP contribution in [-0.4, -0.2) is 6.16 Å². The Bertz CT molecular complexity index is 855. The number of hydrogen-bond donors (Lipinski definition) is 0. The van der Waals surface area contributed by atoms with Gasteiger partial charge in [-0.3, -0.25) is 0 Å². The fourth-order valence-electron chi connectivity index (χ4n) is 5.65. The monoisotopic (exact) mass is 614 g/mol. The zero-order valence-electron chi connectivity index (χ0n) is 22.6. The van der Waals surface area contributed by atoms with Gasteiger partial charge in [0.15, 0.2) is 0 Å². The first-order chi connectivity index (χ1) is 17.7. The van der Waals surface area contributed by atoms with Crippen LogP contribution in [0.4, 0.5) is 0 Å². The van der Waals surface area contributed by atoms with E-state index in [2.05, 4.69) is 120 Å². The Balaban J connectivity index is 1.55. The summed E-state index contributed by atoms with van der Waals surface area (Å²) in [4.78, 5) is 0. The number of halogens is 1. The Kier molecular flexibility index (Phi) is 13.0. The Morgan fingerprint density at radius 3 is 1.00 bits per heavy atom. The molecule has 0 nitrogen and oxygen atoms in total. The van der Waals surface area contributed by atoms with Crippen molar-refractivity contribution in [3.8, 4) is 0 Å². The summed E-state index contributed by atoms with van der Waals surface area (Å²) in [5, 5.41) is 4.53. The van der Waals surface area contributed by atoms with E-state index in [1.54, 1.807) is 0 Å². The van der Waals surface area contributed by atoms with E-state index in [0.717, 1.165) is 0 Å². The molecule has 0 spiro atoms. The van der Waals surface area contributed by atoms with Crippen LogP contribution in [-0.2, 0) is 0 Å². The van der Waals surface area contributed by atoms with E-state index < -0.39 is 4.25 Å². The van der Waals surface area contributed by atoms with Crippen molar-refractivity contribution in [1.82, 2.24) is 0 Å². The zero-order valence-corrected chi connectivity index (χ0v) is 25.6. The first kappa shape index (κ1) is 29.4. The van der Waals surface area contributed by atoms with Crippen molar-refractivity contribution in [2.45, 2.75) is 96.8 Å². The van der Waals surface area contributed by atoms with Crippen LogP contribution in [0.15, 0.2) is 91.0 Å². The van der Waals surface area contributed by atoms with Gasteiger partial charge < -0.3 is 0 Å². The molecule has 0 atom stereocenters. The second kappa shape index (κ2) is 15.9. The number of rotatable bonds is 18. The SMILES string of the molecule is CCCCCCCCCCCCCCCCP(I)(c1ccccc1)(c1ccccc1)c1ccccc1. The Morgan fingerprint density at radius 1 is 0.417 bits per heavy atom. The molecule has 2 heteroatoms. The molecule has 196 valence electrons. The number of benzene rings is 3. The molecule has 0 saturated carbocycles. The summed E-state index contributed by atoms with van der Waals surface area (Å²) in [6.45, 7) is 2.30. The van der Waals surface area contributed by atoms with Crippen molar-refractivity contribution in [3.05, 3.63) is 91.0 Å². The number of hydrogen-bond acceptors (Lipinski definition) is 0. The van der Waals surface area contributed by atoms with Crippen LogP contribution in [0.2, 0.25) is 0 Å². The van der Waals surface area contributed by atoms with Crippen LogP contribution in [0.5, 0.6) is 0 Å². The molecule has 0 radical (unpaired) electrons. The molecule has 0 aromatic heterocycles. The van der Waals surface area contributed by atoms with Gasteiger partial charge in [-0.1, -0.05) is 26.2 Å². The molecular weight excluding hydrogens is 566 g/mol. The van der Waals surface area contributed by atoms with Crippen molar-refractivity contribution in [3.63, 3.8) is 0 Å². The minimum absolute atomic E-state index is 1.24. The van der Waals surface area contributed by atoms with Crippen LogP contribution in [0.1, 0.15) is 96.8 Å². The normalized spacial score (nSPS) is 12.8. The summed E-state index contributed by atoms with van der Waals surface area (Å²) in [6, 6.07) is 34.1. The summed E-state index contributed by atoms with van der Waals surface area (Å²) in [7, 11) is 0. The van der Waals surface area contributed by atoms with Crippen molar-refractivity contribution in [1.29, 1.82) is 0 Å². The molecule has 0 amide bonds. The van der Waals surface area contributed by atoms with Gasteiger partial charge in [-0.2, -0.15) is 0 Å². The molecule has 0 aliphatic rings. The fraction of sp³-hybridized carbons (Fsp3) is 0.471. The predicted molar refractivity (Wildman–Crippen MR) is 174 cm³/mol. The molecular formula is C34H48IP. The molecule has 0 fully saturated rings. The Hall–Kier alpha value is -1.18. The standard InChI is InChI=1S/C34H48IP/c1-2-3-4-5-6-7-8-9-10-11-12-13-14-24-31-36(35,32-25-18-15-19-26-32,33-27-20-16-21-28-33)34-29-22-17-23-30-34/h15-23,25-30H,2-14,24,31H2,1H3. The van der Waals surface area contributed by atoms with E-state index in [9.17, 15) is 0 Å². The van der Waals surface area contributed by atoms with Crippen molar-refractivity contribution in [2.24, 2.45) is 0 Å². The van der Waals surface area contributed by atoms with E-state index in [1.807, 2.05) is 0 Å². The Morgan fingerprint density at radius 2 is 0.694 bits per heavy atom. The third-order valence-corrected chi connectivity index (χ3v) is 19.6. The summed E-state index contributed by atoms with van der Waals surface area (Å²) >= 11 is 2.93. The second-order valence-electron chi connectivity index (χ2n) is 10.5. The van der Waals surface area contributed by atoms with E-state index in [4.69, 9.17) is 0 Å². The van der Waals surface area contributed by atoms with Gasteiger partial charge in [0.25, 0.3) is 0 Å². The third kappa shape index (κ3) is 7.91. The Labute approximate surface area is 235 Å². The molecule has 0 N–H and O–H groups in total. The van der Waals surface area contributed by atoms with Crippen LogP contribution in [0.25, 0.3) is 0 Å². The van der Waals surface area contributed by atoms with Gasteiger partial charge in [-0.05, 0) is 0 Å². The first-order valence-corrected chi connectivity index (χ1v) is 19.8. The average Bonchev–Trinajstić information content (AvgIpc) is 2.94. The molecule has 0 saturated heterocycles. The third-order valence-electron chi connectivity index (χ3n) is 7.82. The minimum atomic E-state index is -2.57.